The molecule has 20 heteroatoms. The third kappa shape index (κ3) is 21.6. The van der Waals surface area contributed by atoms with Crippen LogP contribution in [0.25, 0.3) is 45.0 Å². The summed E-state index contributed by atoms with van der Waals surface area (Å²) in [6.45, 7) is 6.37. The topological polar surface area (TPSA) is 204 Å². The Morgan fingerprint density at radius 3 is 0.595 bits per heavy atom. The van der Waals surface area contributed by atoms with Gasteiger partial charge in [0, 0.05) is 29.3 Å². The fourth-order valence-electron chi connectivity index (χ4n) is 13.9. The number of halogens is 1. The van der Waals surface area contributed by atoms with Gasteiger partial charge in [-0.2, -0.15) is 0 Å². The number of ether oxygens (including phenoxy) is 3. The van der Waals surface area contributed by atoms with Gasteiger partial charge in [-0.3, -0.25) is 55.7 Å². The van der Waals surface area contributed by atoms with E-state index in [2.05, 4.69) is 0 Å². The van der Waals surface area contributed by atoms with Crippen LogP contribution >= 0.6 is 11.6 Å². The number of nitrogens with zero attached hydrogens (tertiary/aromatic N) is 8. The Bertz CT molecular complexity index is 6480. The minimum Gasteiger partial charge on any atom is -0.497 e. The molecule has 19 nitrogen and oxygen atoms in total. The average molecular weight is 1630 g/mol. The Hall–Kier alpha value is -15.0. The molecule has 12 aromatic carbocycles. The van der Waals surface area contributed by atoms with Crippen molar-refractivity contribution in [1.82, 2.24) is 36.5 Å². The van der Waals surface area contributed by atoms with Gasteiger partial charge in [0.15, 0.2) is 0 Å². The molecule has 0 aliphatic carbocycles. The lowest BCUT2D eigenvalue weighted by molar-refractivity contribution is 0.414. The Morgan fingerprint density at radius 2 is 0.388 bits per heavy atom. The van der Waals surface area contributed by atoms with E-state index in [4.69, 9.17) is 25.8 Å². The van der Waals surface area contributed by atoms with E-state index in [1.807, 2.05) is 329 Å². The molecule has 0 unspecified atom stereocenters. The van der Waals surface area contributed by atoms with Crippen molar-refractivity contribution < 1.29 is 14.2 Å². The van der Waals surface area contributed by atoms with Crippen LogP contribution in [0.15, 0.2) is 390 Å². The molecule has 4 aromatic heterocycles. The first-order chi connectivity index (χ1) is 58.9. The molecule has 0 aliphatic rings. The predicted octanol–water partition coefficient (Wildman–Crippen LogP) is 16.4. The third-order valence-corrected chi connectivity index (χ3v) is 20.7. The fraction of sp³-hybridized carbons (Fsp3) is 0.129. The van der Waals surface area contributed by atoms with Gasteiger partial charge in [0.1, 0.15) is 17.2 Å². The van der Waals surface area contributed by atoms with Crippen LogP contribution in [0.4, 0.5) is 0 Å². The average Bonchev–Trinajstić information content (AvgIpc) is 0.799. The number of methoxy groups -OCH3 is 3. The molecule has 0 spiro atoms. The fourth-order valence-corrected chi connectivity index (χ4v) is 14.0. The van der Waals surface area contributed by atoms with Gasteiger partial charge in [0.2, 0.25) is 0 Å². The van der Waals surface area contributed by atoms with Crippen molar-refractivity contribution >= 4 is 11.6 Å². The second-order valence-corrected chi connectivity index (χ2v) is 29.3. The van der Waals surface area contributed by atoms with Crippen molar-refractivity contribution in [2.24, 2.45) is 0 Å². The SMILES string of the molecule is COc1ccc(-c2cc(=O)n(Cc3ccccc3)c(=O)n2Cc2ccccc2)cc1.COc1ccc(Cn2c(-c3ccc(C)cc3)cc(=O)n(Cc3ccc(OC)cc3)c2=O)cc1.Cc1ccc(-c2cc(=O)n(Cc3ccccc3)c(=O)n2Cc2ccccc2)cc1.O=c1cc(-c2ccc(Cl)cc2)n(Cc2ccccc2)c(=O)n1Cc1ccccc1. The molecule has 0 saturated heterocycles. The second-order valence-electron chi connectivity index (χ2n) is 28.9. The lowest BCUT2D eigenvalue weighted by Gasteiger charge is -2.16. The normalized spacial score (nSPS) is 10.8. The van der Waals surface area contributed by atoms with Gasteiger partial charge >= 0.3 is 22.8 Å². The molecule has 0 bridgehead atoms. The minimum atomic E-state index is -0.357. The van der Waals surface area contributed by atoms with Crippen LogP contribution in [0, 0.1) is 13.8 Å². The quantitative estimate of drug-likeness (QED) is 0.0589. The highest BCUT2D eigenvalue weighted by Gasteiger charge is 2.20. The molecule has 121 heavy (non-hydrogen) atoms. The zero-order valence-electron chi connectivity index (χ0n) is 67.6. The number of hydrogen-bond acceptors (Lipinski definition) is 11. The van der Waals surface area contributed by atoms with Crippen LogP contribution in [-0.2, 0) is 52.4 Å². The lowest BCUT2D eigenvalue weighted by atomic mass is 10.1. The zero-order chi connectivity index (χ0) is 84.7. The predicted molar refractivity (Wildman–Crippen MR) is 480 cm³/mol. The summed E-state index contributed by atoms with van der Waals surface area (Å²) in [5.41, 5.74) is 12.7. The van der Waals surface area contributed by atoms with E-state index >= 15 is 0 Å². The van der Waals surface area contributed by atoms with E-state index < -0.39 is 0 Å². The number of aromatic nitrogens is 8. The monoisotopic (exact) mass is 1620 g/mol. The molecular formula is C101H89ClN8O11. The first-order valence-corrected chi connectivity index (χ1v) is 39.7. The maximum absolute atomic E-state index is 13.6. The Balaban J connectivity index is 0.000000139. The van der Waals surface area contributed by atoms with Gasteiger partial charge in [0.05, 0.1) is 96.5 Å². The molecule has 606 valence electrons. The van der Waals surface area contributed by atoms with Crippen LogP contribution in [0.2, 0.25) is 5.02 Å². The Labute approximate surface area is 703 Å². The van der Waals surface area contributed by atoms with Gasteiger partial charge in [-0.15, -0.1) is 0 Å². The second kappa shape index (κ2) is 40.3. The molecule has 0 fully saturated rings. The molecule has 0 saturated carbocycles. The van der Waals surface area contributed by atoms with E-state index in [0.29, 0.717) is 59.7 Å². The summed E-state index contributed by atoms with van der Waals surface area (Å²) in [6, 6.07) is 109. The Morgan fingerprint density at radius 1 is 0.215 bits per heavy atom. The minimum absolute atomic E-state index is 0.179. The van der Waals surface area contributed by atoms with Crippen LogP contribution in [0.5, 0.6) is 17.2 Å². The summed E-state index contributed by atoms with van der Waals surface area (Å²) in [4.78, 5) is 105. The Kier molecular flexibility index (Phi) is 28.0. The number of rotatable bonds is 23. The van der Waals surface area contributed by atoms with Gasteiger partial charge in [0.25, 0.3) is 22.2 Å². The zero-order valence-corrected chi connectivity index (χ0v) is 68.3. The standard InChI is InChI=1S/C27H26N2O4.C25H22N2O3.C25H22N2O2.C24H19ClN2O2/c1-19-4-10-22(11-5-19)25-16-26(30)29(18-21-8-14-24(33-3)15-9-21)27(31)28(25)17-20-6-12-23(32-2)13-7-20;1-30-22-14-12-21(13-15-22)23-16-24(28)27(18-20-10-6-3-7-11-20)25(29)26(23)17-19-8-4-2-5-9-19;1-19-12-14-22(15-13-19)23-16-24(28)27(18-21-10-6-3-7-11-21)25(29)26(23)17-20-8-4-2-5-9-20;25-21-13-11-20(12-14-21)22-15-23(28)27(17-19-9-5-2-6-10-19)24(29)26(22)16-18-7-3-1-4-8-18/h4-16H,17-18H2,1-3H3;2-16H,17-18H2,1H3;2-16H,17-18H2,1H3;1-15H,16-17H2. The van der Waals surface area contributed by atoms with Crippen LogP contribution in [0.3, 0.4) is 0 Å². The van der Waals surface area contributed by atoms with E-state index in [-0.39, 0.29) is 71.2 Å². The molecule has 0 atom stereocenters. The molecule has 0 amide bonds. The number of hydrogen-bond donors (Lipinski definition) is 0. The highest BCUT2D eigenvalue weighted by atomic mass is 35.5. The molecule has 16 rings (SSSR count). The third-order valence-electron chi connectivity index (χ3n) is 20.4. The summed E-state index contributed by atoms with van der Waals surface area (Å²) in [5.74, 6) is 2.18. The van der Waals surface area contributed by atoms with Gasteiger partial charge in [-0.05, 0) is 141 Å². The van der Waals surface area contributed by atoms with Crippen LogP contribution in [-0.4, -0.2) is 57.9 Å². The molecule has 16 aromatic rings. The summed E-state index contributed by atoms with van der Waals surface area (Å²) >= 11 is 6.01. The molecule has 0 aliphatic heterocycles. The van der Waals surface area contributed by atoms with Gasteiger partial charge in [-0.1, -0.05) is 290 Å². The first-order valence-electron chi connectivity index (χ1n) is 39.3. The van der Waals surface area contributed by atoms with Crippen LogP contribution in [0.1, 0.15) is 55.6 Å². The highest BCUT2D eigenvalue weighted by Crippen LogP contribution is 2.26. The summed E-state index contributed by atoms with van der Waals surface area (Å²) in [6.07, 6.45) is 0. The van der Waals surface area contributed by atoms with Crippen molar-refractivity contribution in [2.45, 2.75) is 66.2 Å². The van der Waals surface area contributed by atoms with Crippen molar-refractivity contribution in [3.05, 3.63) is 496 Å². The molecule has 0 radical (unpaired) electrons. The van der Waals surface area contributed by atoms with E-state index in [9.17, 15) is 38.4 Å². The van der Waals surface area contributed by atoms with Crippen molar-refractivity contribution in [3.63, 3.8) is 0 Å². The smallest absolute Gasteiger partial charge is 0.332 e. The number of benzene rings is 12. The summed E-state index contributed by atoms with van der Waals surface area (Å²) < 4.78 is 27.4. The maximum atomic E-state index is 13.6. The molecule has 0 N–H and O–H groups in total. The molecular weight excluding hydrogens is 1540 g/mol. The van der Waals surface area contributed by atoms with Crippen molar-refractivity contribution in [1.29, 1.82) is 0 Å². The van der Waals surface area contributed by atoms with Crippen LogP contribution < -0.4 is 59.2 Å². The number of aryl methyl sites for hydroxylation is 2. The van der Waals surface area contributed by atoms with E-state index in [1.54, 1.807) is 63.9 Å². The molecule has 4 heterocycles. The van der Waals surface area contributed by atoms with E-state index in [1.165, 1.54) is 30.4 Å². The van der Waals surface area contributed by atoms with E-state index in [0.717, 1.165) is 89.4 Å². The lowest BCUT2D eigenvalue weighted by Crippen LogP contribution is -2.40. The van der Waals surface area contributed by atoms with Gasteiger partial charge in [-0.25, -0.2) is 19.2 Å². The highest BCUT2D eigenvalue weighted by molar-refractivity contribution is 6.30. The first kappa shape index (κ1) is 84.0. The summed E-state index contributed by atoms with van der Waals surface area (Å²) in [5, 5.41) is 0.600. The maximum Gasteiger partial charge on any atom is 0.332 e. The largest absolute Gasteiger partial charge is 0.497 e. The summed E-state index contributed by atoms with van der Waals surface area (Å²) in [7, 11) is 4.82. The van der Waals surface area contributed by atoms with Crippen molar-refractivity contribution in [3.8, 4) is 62.3 Å². The van der Waals surface area contributed by atoms with Crippen molar-refractivity contribution in [2.75, 3.05) is 21.3 Å². The van der Waals surface area contributed by atoms with Gasteiger partial charge < -0.3 is 14.2 Å².